The highest BCUT2D eigenvalue weighted by Gasteiger charge is 2.52. The second-order valence-electron chi connectivity index (χ2n) is 8.43. The number of hydrogen-bond donors (Lipinski definition) is 0. The van der Waals surface area contributed by atoms with Crippen molar-refractivity contribution in [3.8, 4) is 0 Å². The molecule has 2 aliphatic heterocycles. The largest absolute Gasteiger partial charge is 0.497 e. The summed E-state index contributed by atoms with van der Waals surface area (Å²) in [5.74, 6) is -2.51. The molecule has 0 unspecified atom stereocenters. The SMILES string of the molecule is CC1(C)OB(c2ccc(C(=O)N3CCC(C(F)(F)F)CC3)cc2F)OC1(C)C. The Hall–Kier alpha value is -1.61. The molecule has 1 aromatic carbocycles. The maximum absolute atomic E-state index is 14.7. The van der Waals surface area contributed by atoms with Crippen LogP contribution < -0.4 is 5.46 Å². The van der Waals surface area contributed by atoms with Gasteiger partial charge >= 0.3 is 13.3 Å². The fourth-order valence-corrected chi connectivity index (χ4v) is 3.41. The Morgan fingerprint density at radius 1 is 1.11 bits per heavy atom. The normalized spacial score (nSPS) is 22.6. The summed E-state index contributed by atoms with van der Waals surface area (Å²) >= 11 is 0. The molecule has 0 radical (unpaired) electrons. The Kier molecular flexibility index (Phi) is 5.29. The van der Waals surface area contributed by atoms with Gasteiger partial charge in [-0.25, -0.2) is 4.39 Å². The predicted octanol–water partition coefficient (Wildman–Crippen LogP) is 3.54. The van der Waals surface area contributed by atoms with E-state index >= 15 is 0 Å². The first-order valence-corrected chi connectivity index (χ1v) is 9.33. The van der Waals surface area contributed by atoms with E-state index in [0.29, 0.717) is 0 Å². The number of alkyl halides is 3. The van der Waals surface area contributed by atoms with Gasteiger partial charge in [-0.3, -0.25) is 4.79 Å². The molecule has 0 aromatic heterocycles. The van der Waals surface area contributed by atoms with Gasteiger partial charge < -0.3 is 14.2 Å². The molecule has 2 fully saturated rings. The summed E-state index contributed by atoms with van der Waals surface area (Å²) in [4.78, 5) is 13.9. The summed E-state index contributed by atoms with van der Waals surface area (Å²) in [6.45, 7) is 7.43. The lowest BCUT2D eigenvalue weighted by atomic mass is 9.78. The third kappa shape index (κ3) is 3.92. The number of rotatable bonds is 2. The van der Waals surface area contributed by atoms with Crippen LogP contribution in [0.3, 0.4) is 0 Å². The summed E-state index contributed by atoms with van der Waals surface area (Å²) < 4.78 is 64.6. The van der Waals surface area contributed by atoms with Crippen LogP contribution in [0.5, 0.6) is 0 Å². The third-order valence-electron chi connectivity index (χ3n) is 6.00. The zero-order chi connectivity index (χ0) is 20.9. The van der Waals surface area contributed by atoms with Crippen LogP contribution in [0.15, 0.2) is 18.2 Å². The summed E-state index contributed by atoms with van der Waals surface area (Å²) in [5.41, 5.74) is -0.961. The maximum atomic E-state index is 14.7. The summed E-state index contributed by atoms with van der Waals surface area (Å²) in [5, 5.41) is 0. The van der Waals surface area contributed by atoms with Crippen molar-refractivity contribution in [1.29, 1.82) is 0 Å². The van der Waals surface area contributed by atoms with E-state index in [1.54, 1.807) is 0 Å². The number of halogens is 4. The van der Waals surface area contributed by atoms with Crippen molar-refractivity contribution in [2.45, 2.75) is 57.9 Å². The zero-order valence-electron chi connectivity index (χ0n) is 16.4. The molecular weight excluding hydrogens is 377 g/mol. The number of carbonyl (C=O) groups excluding carboxylic acids is 1. The van der Waals surface area contributed by atoms with Gasteiger partial charge in [0.2, 0.25) is 0 Å². The predicted molar refractivity (Wildman–Crippen MR) is 96.8 cm³/mol. The van der Waals surface area contributed by atoms with E-state index in [1.807, 2.05) is 27.7 Å². The van der Waals surface area contributed by atoms with Gasteiger partial charge in [0, 0.05) is 24.1 Å². The number of likely N-dealkylation sites (tertiary alicyclic amines) is 1. The van der Waals surface area contributed by atoms with Crippen LogP contribution in [0.4, 0.5) is 17.6 Å². The number of amides is 1. The average Bonchev–Trinajstić information content (AvgIpc) is 2.81. The lowest BCUT2D eigenvalue weighted by molar-refractivity contribution is -0.183. The fraction of sp³-hybridized carbons (Fsp3) is 0.632. The molecule has 0 saturated carbocycles. The van der Waals surface area contributed by atoms with Gasteiger partial charge in [-0.2, -0.15) is 13.2 Å². The van der Waals surface area contributed by atoms with Gasteiger partial charge in [-0.15, -0.1) is 0 Å². The standard InChI is InChI=1S/C19H24BF4NO3/c1-17(2)18(3,4)28-20(27-17)14-6-5-12(11-15(14)21)16(26)25-9-7-13(8-10-25)19(22,23)24/h5-6,11,13H,7-10H2,1-4H3. The monoisotopic (exact) mass is 401 g/mol. The van der Waals surface area contributed by atoms with Crippen LogP contribution in [-0.2, 0) is 9.31 Å². The lowest BCUT2D eigenvalue weighted by Crippen LogP contribution is -2.42. The van der Waals surface area contributed by atoms with Crippen LogP contribution in [0.25, 0.3) is 0 Å². The van der Waals surface area contributed by atoms with E-state index in [0.717, 1.165) is 6.07 Å². The van der Waals surface area contributed by atoms with Crippen molar-refractivity contribution in [3.63, 3.8) is 0 Å². The second-order valence-corrected chi connectivity index (χ2v) is 8.43. The number of carbonyl (C=O) groups is 1. The van der Waals surface area contributed by atoms with Crippen molar-refractivity contribution in [3.05, 3.63) is 29.6 Å². The molecule has 4 nitrogen and oxygen atoms in total. The van der Waals surface area contributed by atoms with E-state index in [-0.39, 0.29) is 37.0 Å². The molecule has 2 aliphatic rings. The van der Waals surface area contributed by atoms with Crippen molar-refractivity contribution in [2.24, 2.45) is 5.92 Å². The molecule has 2 saturated heterocycles. The van der Waals surface area contributed by atoms with Crippen molar-refractivity contribution >= 4 is 18.5 Å². The first-order chi connectivity index (χ1) is 12.8. The van der Waals surface area contributed by atoms with Gasteiger partial charge in [0.25, 0.3) is 5.91 Å². The number of nitrogens with zero attached hydrogens (tertiary/aromatic N) is 1. The van der Waals surface area contributed by atoms with Crippen LogP contribution >= 0.6 is 0 Å². The molecule has 0 aliphatic carbocycles. The zero-order valence-corrected chi connectivity index (χ0v) is 16.4. The fourth-order valence-electron chi connectivity index (χ4n) is 3.41. The molecule has 28 heavy (non-hydrogen) atoms. The molecule has 2 heterocycles. The number of hydrogen-bond acceptors (Lipinski definition) is 3. The van der Waals surface area contributed by atoms with Gasteiger partial charge in [0.05, 0.1) is 17.1 Å². The van der Waals surface area contributed by atoms with E-state index in [1.165, 1.54) is 17.0 Å². The van der Waals surface area contributed by atoms with E-state index in [9.17, 15) is 22.4 Å². The Labute approximate surface area is 162 Å². The van der Waals surface area contributed by atoms with Gasteiger partial charge in [0.1, 0.15) is 5.82 Å². The van der Waals surface area contributed by atoms with Crippen LogP contribution in [-0.4, -0.2) is 48.4 Å². The average molecular weight is 401 g/mol. The molecule has 1 amide bonds. The molecular formula is C19H24BF4NO3. The van der Waals surface area contributed by atoms with Crippen LogP contribution in [0.2, 0.25) is 0 Å². The molecule has 0 bridgehead atoms. The minimum atomic E-state index is -4.24. The minimum Gasteiger partial charge on any atom is -0.399 e. The van der Waals surface area contributed by atoms with Crippen molar-refractivity contribution in [2.75, 3.05) is 13.1 Å². The van der Waals surface area contributed by atoms with Crippen LogP contribution in [0.1, 0.15) is 50.9 Å². The second kappa shape index (κ2) is 7.02. The molecule has 0 N–H and O–H groups in total. The van der Waals surface area contributed by atoms with Crippen molar-refractivity contribution < 1.29 is 31.7 Å². The highest BCUT2D eigenvalue weighted by Crippen LogP contribution is 2.37. The third-order valence-corrected chi connectivity index (χ3v) is 6.00. The van der Waals surface area contributed by atoms with E-state index in [4.69, 9.17) is 9.31 Å². The smallest absolute Gasteiger partial charge is 0.399 e. The molecule has 9 heteroatoms. The Bertz CT molecular complexity index is 742. The van der Waals surface area contributed by atoms with E-state index in [2.05, 4.69) is 0 Å². The van der Waals surface area contributed by atoms with E-state index < -0.39 is 42.1 Å². The van der Waals surface area contributed by atoms with Gasteiger partial charge in [-0.05, 0) is 52.7 Å². The first kappa shape index (κ1) is 21.1. The summed E-state index contributed by atoms with van der Waals surface area (Å²) in [6, 6.07) is 3.99. The summed E-state index contributed by atoms with van der Waals surface area (Å²) in [7, 11) is -0.892. The Morgan fingerprint density at radius 2 is 1.64 bits per heavy atom. The first-order valence-electron chi connectivity index (χ1n) is 9.33. The minimum absolute atomic E-state index is 0.00358. The quantitative estimate of drug-likeness (QED) is 0.562. The topological polar surface area (TPSA) is 38.8 Å². The van der Waals surface area contributed by atoms with Gasteiger partial charge in [-0.1, -0.05) is 6.07 Å². The number of piperidine rings is 1. The maximum Gasteiger partial charge on any atom is 0.497 e. The summed E-state index contributed by atoms with van der Waals surface area (Å²) in [6.07, 6.45) is -4.51. The Balaban J connectivity index is 1.71. The molecule has 0 atom stereocenters. The Morgan fingerprint density at radius 3 is 2.11 bits per heavy atom. The highest BCUT2D eigenvalue weighted by molar-refractivity contribution is 6.62. The highest BCUT2D eigenvalue weighted by atomic mass is 19.4. The molecule has 1 aromatic rings. The molecule has 3 rings (SSSR count). The molecule has 154 valence electrons. The van der Waals surface area contributed by atoms with Gasteiger partial charge in [0.15, 0.2) is 0 Å². The van der Waals surface area contributed by atoms with Crippen molar-refractivity contribution in [1.82, 2.24) is 4.90 Å². The van der Waals surface area contributed by atoms with Crippen LogP contribution in [0, 0.1) is 11.7 Å². The number of benzene rings is 1. The lowest BCUT2D eigenvalue weighted by Gasteiger charge is -2.33. The molecule has 0 spiro atoms.